The third kappa shape index (κ3) is 2.28. The fourth-order valence-corrected chi connectivity index (χ4v) is 2.65. The Morgan fingerprint density at radius 3 is 2.74 bits per heavy atom. The second-order valence-electron chi connectivity index (χ2n) is 4.89. The lowest BCUT2D eigenvalue weighted by atomic mass is 10.3. The molecule has 2 aromatic rings. The lowest BCUT2D eigenvalue weighted by Gasteiger charge is -2.18. The first kappa shape index (κ1) is 12.0. The Morgan fingerprint density at radius 1 is 1.26 bits per heavy atom. The van der Waals surface area contributed by atoms with Crippen molar-refractivity contribution in [3.05, 3.63) is 24.3 Å². The van der Waals surface area contributed by atoms with Crippen LogP contribution in [0.2, 0.25) is 0 Å². The second-order valence-corrected chi connectivity index (χ2v) is 4.89. The maximum atomic E-state index is 10.8. The van der Waals surface area contributed by atoms with Crippen molar-refractivity contribution in [3.63, 3.8) is 0 Å². The lowest BCUT2D eigenvalue weighted by molar-refractivity contribution is -0.137. The molecule has 0 radical (unpaired) electrons. The van der Waals surface area contributed by atoms with Crippen LogP contribution in [-0.4, -0.2) is 33.7 Å². The molecule has 0 atom stereocenters. The van der Waals surface area contributed by atoms with Gasteiger partial charge in [0.15, 0.2) is 0 Å². The molecule has 0 bridgehead atoms. The van der Waals surface area contributed by atoms with E-state index < -0.39 is 5.97 Å². The van der Waals surface area contributed by atoms with Gasteiger partial charge in [-0.25, -0.2) is 4.98 Å². The second kappa shape index (κ2) is 4.91. The number of hydrogen-bond acceptors (Lipinski definition) is 3. The fourth-order valence-electron chi connectivity index (χ4n) is 2.65. The highest BCUT2D eigenvalue weighted by molar-refractivity contribution is 5.79. The Hall–Kier alpha value is -2.04. The molecule has 3 rings (SSSR count). The van der Waals surface area contributed by atoms with Gasteiger partial charge in [0.2, 0.25) is 5.95 Å². The molecule has 2 heterocycles. The number of aromatic nitrogens is 2. The summed E-state index contributed by atoms with van der Waals surface area (Å²) >= 11 is 0. The molecule has 5 heteroatoms. The molecule has 0 spiro atoms. The largest absolute Gasteiger partial charge is 0.481 e. The summed E-state index contributed by atoms with van der Waals surface area (Å²) < 4.78 is 2.04. The van der Waals surface area contributed by atoms with Gasteiger partial charge in [0.05, 0.1) is 17.5 Å². The number of nitrogens with zero attached hydrogens (tertiary/aromatic N) is 3. The quantitative estimate of drug-likeness (QED) is 0.913. The molecule has 0 unspecified atom stereocenters. The van der Waals surface area contributed by atoms with Crippen molar-refractivity contribution in [2.45, 2.75) is 25.8 Å². The third-order valence-corrected chi connectivity index (χ3v) is 3.57. The Labute approximate surface area is 111 Å². The van der Waals surface area contributed by atoms with Crippen molar-refractivity contribution in [1.82, 2.24) is 9.55 Å². The minimum atomic E-state index is -0.773. The van der Waals surface area contributed by atoms with Crippen LogP contribution in [0.5, 0.6) is 0 Å². The molecule has 19 heavy (non-hydrogen) atoms. The normalized spacial score (nSPS) is 15.3. The summed E-state index contributed by atoms with van der Waals surface area (Å²) in [5.41, 5.74) is 1.96. The topological polar surface area (TPSA) is 58.4 Å². The van der Waals surface area contributed by atoms with Gasteiger partial charge >= 0.3 is 5.97 Å². The fraction of sp³-hybridized carbons (Fsp3) is 0.429. The summed E-state index contributed by atoms with van der Waals surface area (Å²) in [6, 6.07) is 7.91. The van der Waals surface area contributed by atoms with Gasteiger partial charge in [0.25, 0.3) is 0 Å². The number of aryl methyl sites for hydroxylation is 1. The maximum absolute atomic E-state index is 10.8. The molecule has 1 aliphatic rings. The van der Waals surface area contributed by atoms with Gasteiger partial charge in [-0.2, -0.15) is 0 Å². The van der Waals surface area contributed by atoms with Gasteiger partial charge in [-0.3, -0.25) is 4.79 Å². The van der Waals surface area contributed by atoms with E-state index in [2.05, 4.69) is 9.88 Å². The lowest BCUT2D eigenvalue weighted by Crippen LogP contribution is -2.22. The first-order valence-corrected chi connectivity index (χ1v) is 6.68. The number of carboxylic acid groups (broad SMARTS) is 1. The van der Waals surface area contributed by atoms with Crippen LogP contribution >= 0.6 is 0 Å². The van der Waals surface area contributed by atoms with E-state index in [-0.39, 0.29) is 6.42 Å². The van der Waals surface area contributed by atoms with Crippen LogP contribution in [0.4, 0.5) is 5.95 Å². The highest BCUT2D eigenvalue weighted by Crippen LogP contribution is 2.25. The predicted octanol–water partition coefficient (Wildman–Crippen LogP) is 2.11. The average molecular weight is 259 g/mol. The minimum absolute atomic E-state index is 0.126. The van der Waals surface area contributed by atoms with Crippen molar-refractivity contribution in [2.24, 2.45) is 0 Å². The van der Waals surface area contributed by atoms with E-state index in [0.717, 1.165) is 30.1 Å². The highest BCUT2D eigenvalue weighted by atomic mass is 16.4. The smallest absolute Gasteiger partial charge is 0.305 e. The van der Waals surface area contributed by atoms with Crippen LogP contribution in [0, 0.1) is 0 Å². The van der Waals surface area contributed by atoms with Crippen molar-refractivity contribution in [2.75, 3.05) is 18.0 Å². The highest BCUT2D eigenvalue weighted by Gasteiger charge is 2.20. The Balaban J connectivity index is 2.02. The monoisotopic (exact) mass is 259 g/mol. The zero-order valence-electron chi connectivity index (χ0n) is 10.7. The van der Waals surface area contributed by atoms with Crippen LogP contribution in [0.3, 0.4) is 0 Å². The van der Waals surface area contributed by atoms with E-state index in [4.69, 9.17) is 5.11 Å². The summed E-state index contributed by atoms with van der Waals surface area (Å²) in [5, 5.41) is 8.89. The van der Waals surface area contributed by atoms with Crippen molar-refractivity contribution >= 4 is 23.0 Å². The zero-order valence-corrected chi connectivity index (χ0v) is 10.7. The van der Waals surface area contributed by atoms with Crippen LogP contribution in [0.1, 0.15) is 19.3 Å². The van der Waals surface area contributed by atoms with Crippen LogP contribution in [-0.2, 0) is 11.3 Å². The molecule has 1 aromatic carbocycles. The Bertz CT molecular complexity index is 600. The zero-order chi connectivity index (χ0) is 13.2. The number of aliphatic carboxylic acids is 1. The van der Waals surface area contributed by atoms with Crippen molar-refractivity contribution in [3.8, 4) is 0 Å². The molecular formula is C14H17N3O2. The summed E-state index contributed by atoms with van der Waals surface area (Å²) in [5.74, 6) is 0.144. The molecule has 100 valence electrons. The van der Waals surface area contributed by atoms with E-state index in [1.54, 1.807) is 0 Å². The molecule has 0 aliphatic carbocycles. The molecule has 5 nitrogen and oxygen atoms in total. The number of para-hydroxylation sites is 2. The van der Waals surface area contributed by atoms with E-state index in [1.807, 2.05) is 28.8 Å². The van der Waals surface area contributed by atoms with Gasteiger partial charge in [0, 0.05) is 19.6 Å². The predicted molar refractivity (Wildman–Crippen MR) is 73.4 cm³/mol. The third-order valence-electron chi connectivity index (χ3n) is 3.57. The minimum Gasteiger partial charge on any atom is -0.481 e. The summed E-state index contributed by atoms with van der Waals surface area (Å²) in [6.07, 6.45) is 2.49. The maximum Gasteiger partial charge on any atom is 0.305 e. The molecule has 0 saturated carbocycles. The Kier molecular flexibility index (Phi) is 3.11. The van der Waals surface area contributed by atoms with Crippen molar-refractivity contribution < 1.29 is 9.90 Å². The van der Waals surface area contributed by atoms with Crippen LogP contribution in [0.15, 0.2) is 24.3 Å². The van der Waals surface area contributed by atoms with E-state index in [9.17, 15) is 4.79 Å². The van der Waals surface area contributed by atoms with E-state index in [1.165, 1.54) is 12.8 Å². The number of benzene rings is 1. The first-order chi connectivity index (χ1) is 9.25. The number of hydrogen-bond donors (Lipinski definition) is 1. The first-order valence-electron chi connectivity index (χ1n) is 6.68. The summed E-state index contributed by atoms with van der Waals surface area (Å²) in [4.78, 5) is 17.7. The number of rotatable bonds is 4. The van der Waals surface area contributed by atoms with E-state index in [0.29, 0.717) is 6.54 Å². The number of imidazole rings is 1. The van der Waals surface area contributed by atoms with Gasteiger partial charge in [-0.05, 0) is 25.0 Å². The average Bonchev–Trinajstić information content (AvgIpc) is 3.03. The Morgan fingerprint density at radius 2 is 2.00 bits per heavy atom. The van der Waals surface area contributed by atoms with Gasteiger partial charge in [-0.15, -0.1) is 0 Å². The SMILES string of the molecule is O=C(O)CCn1c(N2CCCC2)nc2ccccc21. The van der Waals surface area contributed by atoms with Gasteiger partial charge in [-0.1, -0.05) is 12.1 Å². The number of fused-ring (bicyclic) bond motifs is 1. The summed E-state index contributed by atoms with van der Waals surface area (Å²) in [7, 11) is 0. The van der Waals surface area contributed by atoms with Crippen LogP contribution < -0.4 is 4.90 Å². The molecule has 0 amide bonds. The molecule has 1 aromatic heterocycles. The van der Waals surface area contributed by atoms with Crippen molar-refractivity contribution in [1.29, 1.82) is 0 Å². The van der Waals surface area contributed by atoms with Gasteiger partial charge < -0.3 is 14.6 Å². The van der Waals surface area contributed by atoms with E-state index >= 15 is 0 Å². The molecule has 1 N–H and O–H groups in total. The molecule has 1 saturated heterocycles. The molecule has 1 aliphatic heterocycles. The number of anilines is 1. The molecule has 1 fully saturated rings. The molecular weight excluding hydrogens is 242 g/mol. The number of carboxylic acids is 1. The summed E-state index contributed by atoms with van der Waals surface area (Å²) in [6.45, 7) is 2.49. The standard InChI is InChI=1S/C14H17N3O2/c18-13(19)7-10-17-12-6-2-1-5-11(12)15-14(17)16-8-3-4-9-16/h1-2,5-6H,3-4,7-10H2,(H,18,19). The number of carbonyl (C=O) groups is 1. The van der Waals surface area contributed by atoms with Gasteiger partial charge in [0.1, 0.15) is 0 Å². The van der Waals surface area contributed by atoms with Crippen LogP contribution in [0.25, 0.3) is 11.0 Å².